The van der Waals surface area contributed by atoms with Crippen molar-refractivity contribution in [2.24, 2.45) is 0 Å². The number of amides is 1. The smallest absolute Gasteiger partial charge is 0.255 e. The van der Waals surface area contributed by atoms with E-state index in [1.54, 1.807) is 6.07 Å². The van der Waals surface area contributed by atoms with Crippen molar-refractivity contribution in [1.29, 1.82) is 0 Å². The van der Waals surface area contributed by atoms with E-state index in [4.69, 9.17) is 23.2 Å². The fourth-order valence-electron chi connectivity index (χ4n) is 3.19. The zero-order chi connectivity index (χ0) is 17.5. The standard InChI is InChI=1S/C20H19Cl2NO/c1-13-12-23(19(24)18(13)14-7-5-4-6-8-14)20(2,3)15-9-16(21)11-17(22)10-15/h4-11H,12H2,1-3H3. The lowest BCUT2D eigenvalue weighted by atomic mass is 9.92. The summed E-state index contributed by atoms with van der Waals surface area (Å²) in [5.41, 5.74) is 3.24. The van der Waals surface area contributed by atoms with Crippen molar-refractivity contribution in [1.82, 2.24) is 4.90 Å². The highest BCUT2D eigenvalue weighted by Gasteiger charge is 2.39. The van der Waals surface area contributed by atoms with E-state index in [2.05, 4.69) is 0 Å². The molecule has 0 unspecified atom stereocenters. The molecule has 0 atom stereocenters. The molecule has 1 aliphatic heterocycles. The first-order valence-corrected chi connectivity index (χ1v) is 8.60. The number of hydrogen-bond donors (Lipinski definition) is 0. The molecule has 24 heavy (non-hydrogen) atoms. The summed E-state index contributed by atoms with van der Waals surface area (Å²) >= 11 is 12.3. The fourth-order valence-corrected chi connectivity index (χ4v) is 3.72. The van der Waals surface area contributed by atoms with Crippen molar-refractivity contribution < 1.29 is 4.79 Å². The molecule has 0 spiro atoms. The maximum absolute atomic E-state index is 13.1. The number of carbonyl (C=O) groups is 1. The van der Waals surface area contributed by atoms with Crippen LogP contribution in [0.1, 0.15) is 31.9 Å². The van der Waals surface area contributed by atoms with Crippen LogP contribution in [0.3, 0.4) is 0 Å². The van der Waals surface area contributed by atoms with Gasteiger partial charge in [0.1, 0.15) is 0 Å². The molecule has 2 nitrogen and oxygen atoms in total. The van der Waals surface area contributed by atoms with E-state index in [0.29, 0.717) is 16.6 Å². The number of rotatable bonds is 3. The van der Waals surface area contributed by atoms with E-state index < -0.39 is 5.54 Å². The Hall–Kier alpha value is -1.77. The Morgan fingerprint density at radius 3 is 2.17 bits per heavy atom. The highest BCUT2D eigenvalue weighted by atomic mass is 35.5. The van der Waals surface area contributed by atoms with E-state index in [0.717, 1.165) is 22.3 Å². The van der Waals surface area contributed by atoms with Gasteiger partial charge in [0, 0.05) is 22.2 Å². The van der Waals surface area contributed by atoms with Crippen LogP contribution in [0.4, 0.5) is 0 Å². The van der Waals surface area contributed by atoms with Gasteiger partial charge in [-0.15, -0.1) is 0 Å². The van der Waals surface area contributed by atoms with Crippen LogP contribution >= 0.6 is 23.2 Å². The molecule has 0 radical (unpaired) electrons. The second-order valence-electron chi connectivity index (χ2n) is 6.63. The summed E-state index contributed by atoms with van der Waals surface area (Å²) in [4.78, 5) is 15.0. The molecule has 0 saturated carbocycles. The first-order valence-electron chi connectivity index (χ1n) is 7.84. The van der Waals surface area contributed by atoms with Crippen molar-refractivity contribution in [3.63, 3.8) is 0 Å². The summed E-state index contributed by atoms with van der Waals surface area (Å²) < 4.78 is 0. The quantitative estimate of drug-likeness (QED) is 0.703. The lowest BCUT2D eigenvalue weighted by molar-refractivity contribution is -0.128. The van der Waals surface area contributed by atoms with Crippen LogP contribution < -0.4 is 0 Å². The summed E-state index contributed by atoms with van der Waals surface area (Å²) in [6.45, 7) is 6.66. The number of nitrogens with zero attached hydrogens (tertiary/aromatic N) is 1. The third-order valence-corrected chi connectivity index (χ3v) is 5.02. The van der Waals surface area contributed by atoms with Gasteiger partial charge in [-0.3, -0.25) is 4.79 Å². The molecular formula is C20H19Cl2NO. The number of hydrogen-bond acceptors (Lipinski definition) is 1. The molecule has 2 aromatic rings. The first kappa shape index (κ1) is 17.1. The van der Waals surface area contributed by atoms with Crippen LogP contribution in [-0.4, -0.2) is 17.4 Å². The highest BCUT2D eigenvalue weighted by Crippen LogP contribution is 2.38. The molecule has 0 saturated heterocycles. The Labute approximate surface area is 152 Å². The van der Waals surface area contributed by atoms with Crippen LogP contribution in [0, 0.1) is 0 Å². The highest BCUT2D eigenvalue weighted by molar-refractivity contribution is 6.34. The van der Waals surface area contributed by atoms with E-state index in [-0.39, 0.29) is 5.91 Å². The van der Waals surface area contributed by atoms with Gasteiger partial charge in [0.25, 0.3) is 5.91 Å². The second-order valence-corrected chi connectivity index (χ2v) is 7.50. The summed E-state index contributed by atoms with van der Waals surface area (Å²) in [7, 11) is 0. The fraction of sp³-hybridized carbons (Fsp3) is 0.250. The SMILES string of the molecule is CC1=C(c2ccccc2)C(=O)N(C(C)(C)c2cc(Cl)cc(Cl)c2)C1. The lowest BCUT2D eigenvalue weighted by Gasteiger charge is -2.37. The summed E-state index contributed by atoms with van der Waals surface area (Å²) in [6, 6.07) is 15.3. The summed E-state index contributed by atoms with van der Waals surface area (Å²) in [5.74, 6) is 0.0415. The van der Waals surface area contributed by atoms with Gasteiger partial charge in [-0.1, -0.05) is 53.5 Å². The van der Waals surface area contributed by atoms with Crippen molar-refractivity contribution in [2.75, 3.05) is 6.54 Å². The van der Waals surface area contributed by atoms with Gasteiger partial charge in [0.15, 0.2) is 0 Å². The Bertz CT molecular complexity index is 805. The minimum Gasteiger partial charge on any atom is -0.325 e. The topological polar surface area (TPSA) is 20.3 Å². The third kappa shape index (κ3) is 2.97. The Balaban J connectivity index is 1.98. The van der Waals surface area contributed by atoms with Crippen molar-refractivity contribution in [2.45, 2.75) is 26.3 Å². The molecule has 1 heterocycles. The monoisotopic (exact) mass is 359 g/mol. The molecule has 4 heteroatoms. The zero-order valence-electron chi connectivity index (χ0n) is 13.9. The van der Waals surface area contributed by atoms with Gasteiger partial charge >= 0.3 is 0 Å². The van der Waals surface area contributed by atoms with Gasteiger partial charge in [-0.05, 0) is 55.7 Å². The Morgan fingerprint density at radius 1 is 1.00 bits per heavy atom. The summed E-state index contributed by atoms with van der Waals surface area (Å²) in [5, 5.41) is 1.15. The zero-order valence-corrected chi connectivity index (χ0v) is 15.4. The minimum absolute atomic E-state index is 0.0415. The summed E-state index contributed by atoms with van der Waals surface area (Å²) in [6.07, 6.45) is 0. The average Bonchev–Trinajstić information content (AvgIpc) is 2.82. The van der Waals surface area contributed by atoms with Gasteiger partial charge < -0.3 is 4.90 Å². The normalized spacial score (nSPS) is 15.4. The average molecular weight is 360 g/mol. The van der Waals surface area contributed by atoms with Crippen molar-refractivity contribution in [3.8, 4) is 0 Å². The van der Waals surface area contributed by atoms with E-state index in [1.165, 1.54) is 0 Å². The maximum atomic E-state index is 13.1. The van der Waals surface area contributed by atoms with Gasteiger partial charge in [0.2, 0.25) is 0 Å². The molecule has 2 aromatic carbocycles. The van der Waals surface area contributed by atoms with E-state index in [9.17, 15) is 4.79 Å². The van der Waals surface area contributed by atoms with Crippen LogP contribution in [0.2, 0.25) is 10.0 Å². The van der Waals surface area contributed by atoms with Crippen molar-refractivity contribution in [3.05, 3.63) is 75.3 Å². The molecule has 0 bridgehead atoms. The molecule has 124 valence electrons. The third-order valence-electron chi connectivity index (χ3n) is 4.59. The van der Waals surface area contributed by atoms with Crippen LogP contribution in [0.15, 0.2) is 54.1 Å². The maximum Gasteiger partial charge on any atom is 0.255 e. The minimum atomic E-state index is -0.511. The molecule has 0 fully saturated rings. The predicted molar refractivity (Wildman–Crippen MR) is 100 cm³/mol. The molecule has 0 aliphatic carbocycles. The Kier molecular flexibility index (Phi) is 4.46. The van der Waals surface area contributed by atoms with Crippen molar-refractivity contribution >= 4 is 34.7 Å². The van der Waals surface area contributed by atoms with Gasteiger partial charge in [-0.2, -0.15) is 0 Å². The van der Waals surface area contributed by atoms with Crippen LogP contribution in [-0.2, 0) is 10.3 Å². The lowest BCUT2D eigenvalue weighted by Crippen LogP contribution is -2.43. The molecule has 0 N–H and O–H groups in total. The molecule has 1 amide bonds. The molecule has 1 aliphatic rings. The Morgan fingerprint density at radius 2 is 1.58 bits per heavy atom. The van der Waals surface area contributed by atoms with E-state index in [1.807, 2.05) is 68.1 Å². The van der Waals surface area contributed by atoms with Crippen LogP contribution in [0.25, 0.3) is 5.57 Å². The number of benzene rings is 2. The molecular weight excluding hydrogens is 341 g/mol. The molecule has 3 rings (SSSR count). The number of carbonyl (C=O) groups excluding carboxylic acids is 1. The number of halogens is 2. The largest absolute Gasteiger partial charge is 0.325 e. The van der Waals surface area contributed by atoms with E-state index >= 15 is 0 Å². The van der Waals surface area contributed by atoms with Crippen LogP contribution in [0.5, 0.6) is 0 Å². The van der Waals surface area contributed by atoms with Gasteiger partial charge in [-0.25, -0.2) is 0 Å². The predicted octanol–water partition coefficient (Wildman–Crippen LogP) is 5.54. The second kappa shape index (κ2) is 6.27. The molecule has 0 aromatic heterocycles. The van der Waals surface area contributed by atoms with Gasteiger partial charge in [0.05, 0.1) is 5.54 Å². The first-order chi connectivity index (χ1) is 11.3.